The third-order valence-corrected chi connectivity index (χ3v) is 5.77. The first-order chi connectivity index (χ1) is 13.7. The molecule has 2 saturated heterocycles. The summed E-state index contributed by atoms with van der Waals surface area (Å²) in [4.78, 5) is 21.4. The molecule has 2 fully saturated rings. The lowest BCUT2D eigenvalue weighted by molar-refractivity contribution is -0.134. The molecule has 0 N–H and O–H groups in total. The Morgan fingerprint density at radius 2 is 2.04 bits per heavy atom. The molecule has 28 heavy (non-hydrogen) atoms. The number of amides is 1. The summed E-state index contributed by atoms with van der Waals surface area (Å²) in [6.07, 6.45) is 7.87. The third kappa shape index (κ3) is 4.79. The number of halogens is 1. The standard InChI is InChI=1S/C22H28FN3O2/c23-19-8-4-6-17(12-19)13-20-14-24-22(28-20)18-7-5-11-26(15-18)21(27)16-25-9-2-1-3-10-25/h4,6,8,12,14,18H,1-3,5,7,9-11,13,15-16H2/t18-/m0/s1. The number of carbonyl (C=O) groups is 1. The van der Waals surface area contributed by atoms with Gasteiger partial charge >= 0.3 is 0 Å². The first-order valence-electron chi connectivity index (χ1n) is 10.4. The molecule has 6 heteroatoms. The van der Waals surface area contributed by atoms with Crippen molar-refractivity contribution in [2.24, 2.45) is 0 Å². The van der Waals surface area contributed by atoms with Gasteiger partial charge in [0.15, 0.2) is 5.89 Å². The largest absolute Gasteiger partial charge is 0.445 e. The Morgan fingerprint density at radius 1 is 1.18 bits per heavy atom. The van der Waals surface area contributed by atoms with E-state index in [1.165, 1.54) is 31.4 Å². The number of piperidine rings is 2. The maximum absolute atomic E-state index is 13.4. The summed E-state index contributed by atoms with van der Waals surface area (Å²) in [7, 11) is 0. The van der Waals surface area contributed by atoms with E-state index in [2.05, 4.69) is 9.88 Å². The van der Waals surface area contributed by atoms with E-state index >= 15 is 0 Å². The van der Waals surface area contributed by atoms with Gasteiger partial charge in [0, 0.05) is 19.5 Å². The first kappa shape index (κ1) is 19.1. The molecule has 1 aromatic carbocycles. The van der Waals surface area contributed by atoms with E-state index < -0.39 is 0 Å². The molecule has 1 amide bonds. The summed E-state index contributed by atoms with van der Waals surface area (Å²) in [5.41, 5.74) is 0.865. The molecule has 2 aliphatic rings. The maximum Gasteiger partial charge on any atom is 0.236 e. The molecule has 2 aromatic rings. The van der Waals surface area contributed by atoms with E-state index in [-0.39, 0.29) is 17.6 Å². The summed E-state index contributed by atoms with van der Waals surface area (Å²) in [6.45, 7) is 4.09. The van der Waals surface area contributed by atoms with Crippen LogP contribution in [-0.4, -0.2) is 53.4 Å². The van der Waals surface area contributed by atoms with E-state index in [9.17, 15) is 9.18 Å². The number of hydrogen-bond donors (Lipinski definition) is 0. The topological polar surface area (TPSA) is 49.6 Å². The monoisotopic (exact) mass is 385 g/mol. The van der Waals surface area contributed by atoms with Crippen molar-refractivity contribution in [2.75, 3.05) is 32.7 Å². The number of benzene rings is 1. The van der Waals surface area contributed by atoms with E-state index in [0.717, 1.165) is 43.8 Å². The molecule has 1 aromatic heterocycles. The minimum absolute atomic E-state index is 0.139. The number of aromatic nitrogens is 1. The van der Waals surface area contributed by atoms with Crippen molar-refractivity contribution in [1.29, 1.82) is 0 Å². The molecule has 0 radical (unpaired) electrons. The number of likely N-dealkylation sites (tertiary alicyclic amines) is 2. The molecule has 3 heterocycles. The van der Waals surface area contributed by atoms with Crippen LogP contribution in [0.4, 0.5) is 4.39 Å². The number of rotatable bonds is 5. The highest BCUT2D eigenvalue weighted by Gasteiger charge is 2.28. The van der Waals surface area contributed by atoms with E-state index in [1.807, 2.05) is 11.0 Å². The zero-order chi connectivity index (χ0) is 19.3. The number of hydrogen-bond acceptors (Lipinski definition) is 4. The van der Waals surface area contributed by atoms with Gasteiger partial charge in [-0.1, -0.05) is 18.6 Å². The number of oxazole rings is 1. The van der Waals surface area contributed by atoms with Gasteiger partial charge in [-0.2, -0.15) is 0 Å². The fraction of sp³-hybridized carbons (Fsp3) is 0.545. The molecule has 0 spiro atoms. The quantitative estimate of drug-likeness (QED) is 0.789. The number of nitrogens with zero attached hydrogens (tertiary/aromatic N) is 3. The van der Waals surface area contributed by atoms with Crippen molar-refractivity contribution in [3.05, 3.63) is 53.5 Å². The number of carbonyl (C=O) groups excluding carboxylic acids is 1. The fourth-order valence-electron chi connectivity index (χ4n) is 4.26. The second-order valence-electron chi connectivity index (χ2n) is 7.99. The predicted octanol–water partition coefficient (Wildman–Crippen LogP) is 3.60. The van der Waals surface area contributed by atoms with Gasteiger partial charge in [-0.05, 0) is 56.5 Å². The van der Waals surface area contributed by atoms with Gasteiger partial charge < -0.3 is 9.32 Å². The van der Waals surface area contributed by atoms with Crippen molar-refractivity contribution in [2.45, 2.75) is 44.4 Å². The van der Waals surface area contributed by atoms with Crippen molar-refractivity contribution >= 4 is 5.91 Å². The Bertz CT molecular complexity index is 801. The predicted molar refractivity (Wildman–Crippen MR) is 105 cm³/mol. The maximum atomic E-state index is 13.4. The molecule has 0 bridgehead atoms. The van der Waals surface area contributed by atoms with E-state index in [1.54, 1.807) is 12.3 Å². The van der Waals surface area contributed by atoms with Crippen molar-refractivity contribution in [3.63, 3.8) is 0 Å². The smallest absolute Gasteiger partial charge is 0.236 e. The Labute approximate surface area is 165 Å². The Hall–Kier alpha value is -2.21. The average molecular weight is 385 g/mol. The van der Waals surface area contributed by atoms with Crippen LogP contribution < -0.4 is 0 Å². The minimum atomic E-state index is -0.243. The molecule has 2 aliphatic heterocycles. The zero-order valence-corrected chi connectivity index (χ0v) is 16.3. The molecule has 0 saturated carbocycles. The summed E-state index contributed by atoms with van der Waals surface area (Å²) in [6, 6.07) is 6.54. The lowest BCUT2D eigenvalue weighted by Crippen LogP contribution is -2.45. The summed E-state index contributed by atoms with van der Waals surface area (Å²) in [5.74, 6) is 1.55. The lowest BCUT2D eigenvalue weighted by Gasteiger charge is -2.34. The van der Waals surface area contributed by atoms with Crippen molar-refractivity contribution in [1.82, 2.24) is 14.8 Å². The second-order valence-corrected chi connectivity index (χ2v) is 7.99. The average Bonchev–Trinajstić information content (AvgIpc) is 3.17. The normalized spacial score (nSPS) is 21.0. The van der Waals surface area contributed by atoms with Crippen LogP contribution in [0, 0.1) is 5.82 Å². The van der Waals surface area contributed by atoms with Crippen LogP contribution in [-0.2, 0) is 11.2 Å². The van der Waals surface area contributed by atoms with Gasteiger partial charge in [0.25, 0.3) is 0 Å². The molecule has 0 unspecified atom stereocenters. The molecule has 5 nitrogen and oxygen atoms in total. The SMILES string of the molecule is O=C(CN1CCCCC1)N1CCC[C@H](c2ncc(Cc3cccc(F)c3)o2)C1. The highest BCUT2D eigenvalue weighted by Crippen LogP contribution is 2.27. The zero-order valence-electron chi connectivity index (χ0n) is 16.3. The highest BCUT2D eigenvalue weighted by atomic mass is 19.1. The van der Waals surface area contributed by atoms with Crippen LogP contribution in [0.25, 0.3) is 0 Å². The minimum Gasteiger partial charge on any atom is -0.445 e. The Kier molecular flexibility index (Phi) is 6.05. The highest BCUT2D eigenvalue weighted by molar-refractivity contribution is 5.78. The van der Waals surface area contributed by atoms with Crippen LogP contribution in [0.5, 0.6) is 0 Å². The molecule has 150 valence electrons. The lowest BCUT2D eigenvalue weighted by atomic mass is 9.98. The molecule has 4 rings (SSSR count). The van der Waals surface area contributed by atoms with Gasteiger partial charge in [0.2, 0.25) is 5.91 Å². The van der Waals surface area contributed by atoms with E-state index in [0.29, 0.717) is 25.4 Å². The summed E-state index contributed by atoms with van der Waals surface area (Å²) < 4.78 is 19.3. The Morgan fingerprint density at radius 3 is 2.86 bits per heavy atom. The molecular weight excluding hydrogens is 357 g/mol. The second kappa shape index (κ2) is 8.86. The van der Waals surface area contributed by atoms with Gasteiger partial charge in [0.1, 0.15) is 11.6 Å². The van der Waals surface area contributed by atoms with Gasteiger partial charge in [-0.15, -0.1) is 0 Å². The van der Waals surface area contributed by atoms with Crippen molar-refractivity contribution in [3.8, 4) is 0 Å². The van der Waals surface area contributed by atoms with Crippen LogP contribution in [0.1, 0.15) is 55.2 Å². The van der Waals surface area contributed by atoms with Crippen LogP contribution >= 0.6 is 0 Å². The first-order valence-corrected chi connectivity index (χ1v) is 10.4. The van der Waals surface area contributed by atoms with Gasteiger partial charge in [0.05, 0.1) is 18.7 Å². The van der Waals surface area contributed by atoms with Crippen LogP contribution in [0.2, 0.25) is 0 Å². The third-order valence-electron chi connectivity index (χ3n) is 5.77. The van der Waals surface area contributed by atoms with Crippen LogP contribution in [0.15, 0.2) is 34.9 Å². The molecular formula is C22H28FN3O2. The fourth-order valence-corrected chi connectivity index (χ4v) is 4.26. The van der Waals surface area contributed by atoms with Crippen LogP contribution in [0.3, 0.4) is 0 Å². The summed E-state index contributed by atoms with van der Waals surface area (Å²) in [5, 5.41) is 0. The van der Waals surface area contributed by atoms with E-state index in [4.69, 9.17) is 4.42 Å². The Balaban J connectivity index is 1.35. The molecule has 1 atom stereocenters. The summed E-state index contributed by atoms with van der Waals surface area (Å²) >= 11 is 0. The van der Waals surface area contributed by atoms with Gasteiger partial charge in [-0.25, -0.2) is 9.37 Å². The van der Waals surface area contributed by atoms with Crippen molar-refractivity contribution < 1.29 is 13.6 Å². The molecule has 0 aliphatic carbocycles. The van der Waals surface area contributed by atoms with Gasteiger partial charge in [-0.3, -0.25) is 9.69 Å².